The van der Waals surface area contributed by atoms with Gasteiger partial charge in [0, 0.05) is 32.7 Å². The molecule has 0 saturated heterocycles. The van der Waals surface area contributed by atoms with Crippen LogP contribution in [0.2, 0.25) is 0 Å². The van der Waals surface area contributed by atoms with E-state index in [1.807, 2.05) is 111 Å². The fourth-order valence-electron chi connectivity index (χ4n) is 9.80. The maximum atomic E-state index is 9.28. The molecule has 3 heterocycles. The van der Waals surface area contributed by atoms with Crippen molar-refractivity contribution in [1.82, 2.24) is 14.1 Å². The second-order valence-electron chi connectivity index (χ2n) is 20.6. The lowest BCUT2D eigenvalue weighted by molar-refractivity contribution is -0.571. The van der Waals surface area contributed by atoms with Crippen LogP contribution in [0.25, 0.3) is 94.5 Å². The fourth-order valence-corrected chi connectivity index (χ4v) is 9.80. The van der Waals surface area contributed by atoms with Crippen molar-refractivity contribution in [2.75, 3.05) is 0 Å². The van der Waals surface area contributed by atoms with E-state index in [-0.39, 0.29) is 51.0 Å². The number of aromatic nitrogens is 4. The topological polar surface area (TPSA) is 35.9 Å². The highest BCUT2D eigenvalue weighted by Crippen LogP contribution is 2.39. The van der Waals surface area contributed by atoms with Gasteiger partial charge in [0.1, 0.15) is 17.3 Å². The molecule has 12 aromatic rings. The zero-order valence-corrected chi connectivity index (χ0v) is 41.8. The molecule has 0 amide bonds. The Morgan fingerprint density at radius 3 is 1.92 bits per heavy atom. The first-order valence-electron chi connectivity index (χ1n) is 31.0. The number of nitrogens with zero attached hydrogens (tertiary/aromatic N) is 4. The number of fused-ring (bicyclic) bond motifs is 4. The summed E-state index contributed by atoms with van der Waals surface area (Å²) in [5.41, 5.74) is 9.34. The highest BCUT2D eigenvalue weighted by Gasteiger charge is 2.23. The molecule has 0 atom stereocenters. The highest BCUT2D eigenvalue weighted by molar-refractivity contribution is 6.09. The Labute approximate surface area is 452 Å². The van der Waals surface area contributed by atoms with Crippen molar-refractivity contribution < 1.29 is 27.1 Å². The summed E-state index contributed by atoms with van der Waals surface area (Å²) in [4.78, 5) is 4.75. The van der Waals surface area contributed by atoms with Gasteiger partial charge in [-0.3, -0.25) is 13.7 Å². The second kappa shape index (κ2) is 18.4. The lowest BCUT2D eigenvalue weighted by Gasteiger charge is -2.21. The van der Waals surface area contributed by atoms with E-state index in [2.05, 4.69) is 96.4 Å². The number of aryl methyl sites for hydroxylation is 1. The molecule has 3 aromatic heterocycles. The van der Waals surface area contributed by atoms with Crippen molar-refractivity contribution in [2.45, 2.75) is 59.2 Å². The van der Waals surface area contributed by atoms with Gasteiger partial charge in [-0.25, -0.2) is 4.98 Å². The Kier molecular flexibility index (Phi) is 8.38. The summed E-state index contributed by atoms with van der Waals surface area (Å²) in [6.07, 6.45) is 4.96. The van der Waals surface area contributed by atoms with Crippen LogP contribution in [0.1, 0.15) is 76.1 Å². The number of rotatable bonds is 9. The Hall–Kier alpha value is -8.80. The molecule has 0 unspecified atom stereocenters. The molecule has 5 heteroatoms. The summed E-state index contributed by atoms with van der Waals surface area (Å²) in [5.74, 6) is 1.10. The van der Waals surface area contributed by atoms with Crippen molar-refractivity contribution in [3.8, 4) is 73.2 Å². The lowest BCUT2D eigenvalue weighted by Crippen LogP contribution is -2.31. The van der Waals surface area contributed by atoms with E-state index < -0.39 is 55.2 Å². The smallest absolute Gasteiger partial charge is 0.269 e. The second-order valence-corrected chi connectivity index (χ2v) is 20.6. The molecule has 0 N–H and O–H groups in total. The van der Waals surface area contributed by atoms with Crippen LogP contribution < -0.4 is 9.30 Å². The molecule has 360 valence electrons. The fraction of sp³-hybridized carbons (Fsp3) is 0.130. The van der Waals surface area contributed by atoms with Gasteiger partial charge in [-0.15, -0.1) is 0 Å². The van der Waals surface area contributed by atoms with Crippen molar-refractivity contribution in [3.05, 3.63) is 247 Å². The number of pyridine rings is 1. The van der Waals surface area contributed by atoms with Crippen LogP contribution in [0.5, 0.6) is 11.5 Å². The van der Waals surface area contributed by atoms with Crippen LogP contribution in [0, 0.1) is 13.2 Å². The molecule has 0 spiro atoms. The van der Waals surface area contributed by atoms with Gasteiger partial charge in [0.15, 0.2) is 0 Å². The molecule has 0 saturated carbocycles. The number of hydrogen-bond donors (Lipinski definition) is 0. The maximum Gasteiger partial charge on any atom is 0.269 e. The van der Waals surface area contributed by atoms with Crippen molar-refractivity contribution in [1.29, 1.82) is 0 Å². The summed E-state index contributed by atoms with van der Waals surface area (Å²) < 4.78 is 125. The molecule has 0 bridgehead atoms. The van der Waals surface area contributed by atoms with Gasteiger partial charge in [0.25, 0.3) is 6.33 Å². The quantitative estimate of drug-likeness (QED) is 0.107. The number of benzene rings is 9. The minimum atomic E-state index is -2.79. The zero-order valence-electron chi connectivity index (χ0n) is 54.8. The standard InChI is InChI=1S/C69H58N4O/c1-46-39-66(70-44-61(46)49-21-12-9-13-22-49)73-62-30-15-14-27-59(62)60-37-36-56(43-64(60)73)74-55-26-17-25-54(42-55)71-45-72(63-38-33-50(41-65(63)71)47-31-34-52(35-32-47)68(2,3)4)67-57(48-19-10-8-11-20-48)28-18-29-58(67)51-23-16-24-53(40-51)69(5,6)7/h8-44H,1-7H3/i1D3,8D,9D,10D,11D,12D,13D,19D,20D,21D,22D. The van der Waals surface area contributed by atoms with Crippen LogP contribution in [0.3, 0.4) is 0 Å². The van der Waals surface area contributed by atoms with Gasteiger partial charge in [-0.1, -0.05) is 205 Å². The van der Waals surface area contributed by atoms with Crippen molar-refractivity contribution in [3.63, 3.8) is 0 Å². The average molecular weight is 972 g/mol. The van der Waals surface area contributed by atoms with Gasteiger partial charge in [0.2, 0.25) is 0 Å². The van der Waals surface area contributed by atoms with E-state index in [1.165, 1.54) is 17.8 Å². The van der Waals surface area contributed by atoms with E-state index in [9.17, 15) is 2.74 Å². The molecule has 0 radical (unpaired) electrons. The number of hydrogen-bond acceptors (Lipinski definition) is 2. The molecule has 5 nitrogen and oxygen atoms in total. The largest absolute Gasteiger partial charge is 0.458 e. The first-order chi connectivity index (χ1) is 41.2. The van der Waals surface area contributed by atoms with E-state index in [1.54, 1.807) is 6.07 Å². The molecule has 0 fully saturated rings. The third-order valence-corrected chi connectivity index (χ3v) is 13.7. The molecule has 0 aliphatic rings. The Balaban J connectivity index is 1.04. The van der Waals surface area contributed by atoms with Gasteiger partial charge in [-0.2, -0.15) is 0 Å². The number of imidazole rings is 1. The predicted molar refractivity (Wildman–Crippen MR) is 306 cm³/mol. The van der Waals surface area contributed by atoms with Crippen LogP contribution in [0.4, 0.5) is 0 Å². The lowest BCUT2D eigenvalue weighted by atomic mass is 9.85. The zero-order chi connectivity index (χ0) is 61.9. The van der Waals surface area contributed by atoms with E-state index >= 15 is 0 Å². The van der Waals surface area contributed by atoms with E-state index in [4.69, 9.17) is 24.8 Å². The van der Waals surface area contributed by atoms with E-state index in [0.29, 0.717) is 45.0 Å². The molecule has 74 heavy (non-hydrogen) atoms. The minimum absolute atomic E-state index is 0.0486. The summed E-state index contributed by atoms with van der Waals surface area (Å²) in [6.45, 7) is 10.2. The first kappa shape index (κ1) is 33.8. The van der Waals surface area contributed by atoms with Crippen molar-refractivity contribution >= 4 is 32.8 Å². The van der Waals surface area contributed by atoms with Crippen LogP contribution in [-0.2, 0) is 10.8 Å². The van der Waals surface area contributed by atoms with Gasteiger partial charge in [0.05, 0.1) is 47.1 Å². The predicted octanol–water partition coefficient (Wildman–Crippen LogP) is 17.6. The van der Waals surface area contributed by atoms with Crippen molar-refractivity contribution in [2.24, 2.45) is 0 Å². The molecular formula is C69H58N4O. The monoisotopic (exact) mass is 972 g/mol. The Morgan fingerprint density at radius 2 is 1.18 bits per heavy atom. The molecular weight excluding hydrogens is 901 g/mol. The number of para-hydroxylation sites is 2. The number of ether oxygens (including phenoxy) is 1. The molecule has 0 aliphatic carbocycles. The molecule has 0 aliphatic heterocycles. The minimum Gasteiger partial charge on any atom is -0.458 e. The summed E-state index contributed by atoms with van der Waals surface area (Å²) >= 11 is 0. The summed E-state index contributed by atoms with van der Waals surface area (Å²) in [5, 5.41) is 1.66. The van der Waals surface area contributed by atoms with Gasteiger partial charge >= 0.3 is 0 Å². The molecule has 9 aromatic carbocycles. The summed E-state index contributed by atoms with van der Waals surface area (Å²) in [7, 11) is 0. The Bertz CT molecular complexity index is 4740. The highest BCUT2D eigenvalue weighted by atomic mass is 16.5. The Morgan fingerprint density at radius 1 is 0.514 bits per heavy atom. The normalized spacial score (nSPS) is 14.6. The first-order valence-corrected chi connectivity index (χ1v) is 24.5. The van der Waals surface area contributed by atoms with E-state index in [0.717, 1.165) is 44.1 Å². The maximum absolute atomic E-state index is 9.28. The van der Waals surface area contributed by atoms with Gasteiger partial charge < -0.3 is 4.74 Å². The summed E-state index contributed by atoms with van der Waals surface area (Å²) in [6, 6.07) is 45.8. The van der Waals surface area contributed by atoms with Crippen LogP contribution in [-0.4, -0.2) is 14.1 Å². The van der Waals surface area contributed by atoms with Crippen LogP contribution in [0.15, 0.2) is 224 Å². The van der Waals surface area contributed by atoms with Crippen LogP contribution >= 0.6 is 0 Å². The average Bonchev–Trinajstić information content (AvgIpc) is 1.88. The molecule has 12 rings (SSSR count). The third kappa shape index (κ3) is 8.54. The van der Waals surface area contributed by atoms with Gasteiger partial charge in [-0.05, 0) is 122 Å². The SMILES string of the molecule is [2H]c1c([2H])c([2H])c(-c2cnc(-n3c4ccccc4c4ccc(Oc5cccc(-n6[c-][n+](-c7c(-c8cccc(C(C)(C)C)c8)cccc7-c7c([2H])c([2H])c([2H])c([2H])c7[2H])c7ccc(-c8ccc(C(C)(C)C)cc8)cc76)c5)cc43)cc2C([2H])([2H])[2H])c([2H])c1[2H]. The third-order valence-electron chi connectivity index (χ3n) is 13.7.